The van der Waals surface area contributed by atoms with Crippen molar-refractivity contribution in [2.75, 3.05) is 26.6 Å². The van der Waals surface area contributed by atoms with Crippen LogP contribution in [0.4, 0.5) is 5.82 Å². The summed E-state index contributed by atoms with van der Waals surface area (Å²) in [6, 6.07) is 3.25. The molecule has 0 radical (unpaired) electrons. The SMILES string of the molecule is COc1cc(C(=O)Nc2ncnc3sc4c(c23)CCCC4)cc(OC)c1OC. The fourth-order valence-corrected chi connectivity index (χ4v) is 4.81. The lowest BCUT2D eigenvalue weighted by molar-refractivity contribution is 0.102. The van der Waals surface area contributed by atoms with E-state index in [4.69, 9.17) is 14.2 Å². The summed E-state index contributed by atoms with van der Waals surface area (Å²) >= 11 is 1.69. The Hall–Kier alpha value is -2.87. The van der Waals surface area contributed by atoms with Crippen LogP contribution in [0.3, 0.4) is 0 Å². The molecule has 0 fully saturated rings. The molecule has 0 atom stereocenters. The fraction of sp³-hybridized carbons (Fsp3) is 0.350. The third kappa shape index (κ3) is 3.13. The van der Waals surface area contributed by atoms with Gasteiger partial charge in [-0.3, -0.25) is 4.79 Å². The number of nitrogens with zero attached hydrogens (tertiary/aromatic N) is 2. The monoisotopic (exact) mass is 399 g/mol. The summed E-state index contributed by atoms with van der Waals surface area (Å²) in [5.41, 5.74) is 1.66. The van der Waals surface area contributed by atoms with E-state index in [2.05, 4.69) is 15.3 Å². The maximum atomic E-state index is 13.0. The minimum atomic E-state index is -0.296. The first-order valence-corrected chi connectivity index (χ1v) is 9.84. The van der Waals surface area contributed by atoms with E-state index >= 15 is 0 Å². The first-order chi connectivity index (χ1) is 13.7. The number of benzene rings is 1. The number of nitrogens with one attached hydrogen (secondary N) is 1. The molecule has 0 saturated carbocycles. The average Bonchev–Trinajstić information content (AvgIpc) is 3.12. The standard InChI is InChI=1S/C20H21N3O4S/c1-25-13-8-11(9-14(26-2)17(13)27-3)19(24)23-18-16-12-6-4-5-7-15(12)28-20(16)22-10-21-18/h8-10H,4-7H2,1-3H3,(H,21,22,23,24). The van der Waals surface area contributed by atoms with Crippen LogP contribution in [0.15, 0.2) is 18.5 Å². The van der Waals surface area contributed by atoms with E-state index in [0.717, 1.165) is 29.5 Å². The Labute approximate surface area is 166 Å². The smallest absolute Gasteiger partial charge is 0.257 e. The quantitative estimate of drug-likeness (QED) is 0.702. The number of fused-ring (bicyclic) bond motifs is 3. The van der Waals surface area contributed by atoms with Crippen molar-refractivity contribution in [2.45, 2.75) is 25.7 Å². The van der Waals surface area contributed by atoms with Crippen LogP contribution >= 0.6 is 11.3 Å². The number of amides is 1. The van der Waals surface area contributed by atoms with Gasteiger partial charge < -0.3 is 19.5 Å². The second kappa shape index (κ2) is 7.63. The van der Waals surface area contributed by atoms with Crippen LogP contribution in [0, 0.1) is 0 Å². The largest absolute Gasteiger partial charge is 0.493 e. The molecule has 1 aliphatic rings. The molecule has 0 saturated heterocycles. The van der Waals surface area contributed by atoms with Gasteiger partial charge in [0.1, 0.15) is 17.0 Å². The normalized spacial score (nSPS) is 13.1. The van der Waals surface area contributed by atoms with Gasteiger partial charge in [0.15, 0.2) is 11.5 Å². The Morgan fingerprint density at radius 2 is 1.75 bits per heavy atom. The van der Waals surface area contributed by atoms with Crippen molar-refractivity contribution in [3.05, 3.63) is 34.5 Å². The number of anilines is 1. The molecule has 0 unspecified atom stereocenters. The third-order valence-electron chi connectivity index (χ3n) is 4.91. The summed E-state index contributed by atoms with van der Waals surface area (Å²) in [6.07, 6.45) is 5.90. The van der Waals surface area contributed by atoms with Crippen LogP contribution < -0.4 is 19.5 Å². The summed E-state index contributed by atoms with van der Waals surface area (Å²) < 4.78 is 16.0. The van der Waals surface area contributed by atoms with Crippen molar-refractivity contribution in [2.24, 2.45) is 0 Å². The topological polar surface area (TPSA) is 82.6 Å². The molecule has 4 rings (SSSR count). The molecule has 8 heteroatoms. The molecule has 1 aliphatic carbocycles. The molecule has 1 amide bonds. The Morgan fingerprint density at radius 3 is 2.43 bits per heavy atom. The van der Waals surface area contributed by atoms with Crippen molar-refractivity contribution < 1.29 is 19.0 Å². The predicted molar refractivity (Wildman–Crippen MR) is 108 cm³/mol. The minimum Gasteiger partial charge on any atom is -0.493 e. The zero-order valence-corrected chi connectivity index (χ0v) is 16.8. The lowest BCUT2D eigenvalue weighted by Crippen LogP contribution is -2.14. The summed E-state index contributed by atoms with van der Waals surface area (Å²) in [5, 5.41) is 3.90. The summed E-state index contributed by atoms with van der Waals surface area (Å²) in [4.78, 5) is 24.0. The van der Waals surface area contributed by atoms with Crippen LogP contribution in [-0.4, -0.2) is 37.2 Å². The number of carbonyl (C=O) groups excluding carboxylic acids is 1. The Balaban J connectivity index is 1.72. The number of rotatable bonds is 5. The first-order valence-electron chi connectivity index (χ1n) is 9.02. The van der Waals surface area contributed by atoms with Gasteiger partial charge in [-0.2, -0.15) is 0 Å². The average molecular weight is 399 g/mol. The molecule has 1 N–H and O–H groups in total. The van der Waals surface area contributed by atoms with E-state index in [0.29, 0.717) is 28.6 Å². The molecule has 2 aromatic heterocycles. The van der Waals surface area contributed by atoms with Crippen LogP contribution in [-0.2, 0) is 12.8 Å². The van der Waals surface area contributed by atoms with Crippen molar-refractivity contribution >= 4 is 33.3 Å². The van der Waals surface area contributed by atoms with Crippen LogP contribution in [0.25, 0.3) is 10.2 Å². The zero-order valence-electron chi connectivity index (χ0n) is 16.0. The van der Waals surface area contributed by atoms with Crippen LogP contribution in [0.1, 0.15) is 33.6 Å². The van der Waals surface area contributed by atoms with Crippen molar-refractivity contribution in [3.8, 4) is 17.2 Å². The highest BCUT2D eigenvalue weighted by Crippen LogP contribution is 2.40. The van der Waals surface area contributed by atoms with E-state index < -0.39 is 0 Å². The predicted octanol–water partition coefficient (Wildman–Crippen LogP) is 3.85. The first kappa shape index (κ1) is 18.5. The van der Waals surface area contributed by atoms with Gasteiger partial charge in [-0.05, 0) is 43.4 Å². The molecule has 146 valence electrons. The van der Waals surface area contributed by atoms with Gasteiger partial charge in [0.2, 0.25) is 5.75 Å². The molecule has 0 spiro atoms. The number of aromatic nitrogens is 2. The van der Waals surface area contributed by atoms with Gasteiger partial charge in [0, 0.05) is 10.4 Å². The van der Waals surface area contributed by atoms with Crippen molar-refractivity contribution in [1.82, 2.24) is 9.97 Å². The molecule has 7 nitrogen and oxygen atoms in total. The highest BCUT2D eigenvalue weighted by atomic mass is 32.1. The second-order valence-electron chi connectivity index (χ2n) is 6.48. The second-order valence-corrected chi connectivity index (χ2v) is 7.57. The number of hydrogen-bond donors (Lipinski definition) is 1. The number of hydrogen-bond acceptors (Lipinski definition) is 7. The van der Waals surface area contributed by atoms with Crippen LogP contribution in [0.5, 0.6) is 17.2 Å². The van der Waals surface area contributed by atoms with Gasteiger partial charge in [0.25, 0.3) is 5.91 Å². The number of aryl methyl sites for hydroxylation is 2. The number of methoxy groups -OCH3 is 3. The Kier molecular flexibility index (Phi) is 5.04. The van der Waals surface area contributed by atoms with Gasteiger partial charge in [-0.15, -0.1) is 11.3 Å². The molecule has 28 heavy (non-hydrogen) atoms. The van der Waals surface area contributed by atoms with E-state index in [1.54, 1.807) is 23.5 Å². The molecule has 1 aromatic carbocycles. The van der Waals surface area contributed by atoms with Gasteiger partial charge in [-0.25, -0.2) is 9.97 Å². The third-order valence-corrected chi connectivity index (χ3v) is 6.11. The molecule has 0 bridgehead atoms. The van der Waals surface area contributed by atoms with Crippen molar-refractivity contribution in [3.63, 3.8) is 0 Å². The van der Waals surface area contributed by atoms with E-state index in [9.17, 15) is 4.79 Å². The molecule has 3 aromatic rings. The summed E-state index contributed by atoms with van der Waals surface area (Å²) in [5.74, 6) is 1.54. The maximum Gasteiger partial charge on any atom is 0.257 e. The maximum absolute atomic E-state index is 13.0. The van der Waals surface area contributed by atoms with Crippen LogP contribution in [0.2, 0.25) is 0 Å². The molecule has 0 aliphatic heterocycles. The highest BCUT2D eigenvalue weighted by molar-refractivity contribution is 7.19. The number of thiophene rings is 1. The Morgan fingerprint density at radius 1 is 1.04 bits per heavy atom. The van der Waals surface area contributed by atoms with Gasteiger partial charge >= 0.3 is 0 Å². The Bertz CT molecular complexity index is 1020. The number of carbonyl (C=O) groups is 1. The van der Waals surface area contributed by atoms with E-state index in [1.807, 2.05) is 0 Å². The van der Waals surface area contributed by atoms with E-state index in [-0.39, 0.29) is 5.91 Å². The van der Waals surface area contributed by atoms with Gasteiger partial charge in [0.05, 0.1) is 26.7 Å². The van der Waals surface area contributed by atoms with Gasteiger partial charge in [-0.1, -0.05) is 0 Å². The highest BCUT2D eigenvalue weighted by Gasteiger charge is 2.22. The number of ether oxygens (including phenoxy) is 3. The fourth-order valence-electron chi connectivity index (χ4n) is 3.58. The minimum absolute atomic E-state index is 0.296. The molecular formula is C20H21N3O4S. The lowest BCUT2D eigenvalue weighted by Gasteiger charge is -2.14. The molecular weight excluding hydrogens is 378 g/mol. The summed E-state index contributed by atoms with van der Waals surface area (Å²) in [6.45, 7) is 0. The van der Waals surface area contributed by atoms with Crippen molar-refractivity contribution in [1.29, 1.82) is 0 Å². The summed E-state index contributed by atoms with van der Waals surface area (Å²) in [7, 11) is 4.56. The van der Waals surface area contributed by atoms with E-state index in [1.165, 1.54) is 44.5 Å². The lowest BCUT2D eigenvalue weighted by atomic mass is 9.97. The zero-order chi connectivity index (χ0) is 19.7. The molecule has 2 heterocycles.